The van der Waals surface area contributed by atoms with E-state index in [0.717, 1.165) is 25.2 Å². The van der Waals surface area contributed by atoms with Crippen LogP contribution in [0.3, 0.4) is 0 Å². The lowest BCUT2D eigenvalue weighted by atomic mass is 9.94. The third kappa shape index (κ3) is 19.8. The summed E-state index contributed by atoms with van der Waals surface area (Å²) in [6.07, 6.45) is 27.0. The van der Waals surface area contributed by atoms with Crippen molar-refractivity contribution >= 4 is 17.7 Å². The monoisotopic (exact) mass is 495 g/mol. The minimum absolute atomic E-state index is 0.0171. The van der Waals surface area contributed by atoms with Gasteiger partial charge >= 0.3 is 5.97 Å². The van der Waals surface area contributed by atoms with E-state index in [2.05, 4.69) is 30.9 Å². The van der Waals surface area contributed by atoms with Crippen molar-refractivity contribution in [3.63, 3.8) is 0 Å². The van der Waals surface area contributed by atoms with Crippen LogP contribution in [0, 0.1) is 5.92 Å². The number of allylic oxidation sites excluding steroid dienone is 2. The summed E-state index contributed by atoms with van der Waals surface area (Å²) in [6, 6.07) is 0. The van der Waals surface area contributed by atoms with Crippen molar-refractivity contribution in [2.24, 2.45) is 5.92 Å². The number of unbranched alkanes of at least 4 members (excludes halogenated alkanes) is 11. The molecule has 0 aliphatic carbocycles. The number of thioether (sulfide) groups is 1. The Bertz CT molecular complexity index is 474. The standard InChI is InChI=1S/C30H57NO2S/c1-3-5-6-7-8-9-10-11-12-13-14-15-16-17-18-20-30(32)33-27-23-29-21-25-31(26-22-29)24-19-28-34-4-2/h11-12,29H,3-10,13-28H2,1-2H3/b12-11-. The molecule has 0 atom stereocenters. The molecule has 0 unspecified atom stereocenters. The minimum atomic E-state index is 0.0171. The Hall–Kier alpha value is -0.480. The van der Waals surface area contributed by atoms with Crippen LogP contribution >= 0.6 is 11.8 Å². The SMILES string of the molecule is CCCCCCCC/C=C\CCCCCCCC(=O)OCCC1CCN(CCCSCC)CC1. The Labute approximate surface area is 217 Å². The van der Waals surface area contributed by atoms with Crippen LogP contribution in [0.15, 0.2) is 12.2 Å². The highest BCUT2D eigenvalue weighted by Gasteiger charge is 2.19. The number of carbonyl (C=O) groups excluding carboxylic acids is 1. The van der Waals surface area contributed by atoms with Crippen LogP contribution in [0.25, 0.3) is 0 Å². The summed E-state index contributed by atoms with van der Waals surface area (Å²) in [7, 11) is 0. The average molecular weight is 496 g/mol. The molecular formula is C30H57NO2S. The first kappa shape index (κ1) is 31.5. The van der Waals surface area contributed by atoms with Crippen molar-refractivity contribution < 1.29 is 9.53 Å². The Morgan fingerprint density at radius 1 is 0.853 bits per heavy atom. The molecule has 0 saturated carbocycles. The van der Waals surface area contributed by atoms with E-state index < -0.39 is 0 Å². The molecule has 1 aliphatic rings. The van der Waals surface area contributed by atoms with Crippen LogP contribution in [0.4, 0.5) is 0 Å². The highest BCUT2D eigenvalue weighted by molar-refractivity contribution is 7.99. The van der Waals surface area contributed by atoms with E-state index in [4.69, 9.17) is 4.74 Å². The molecular weight excluding hydrogens is 438 g/mol. The molecule has 0 amide bonds. The van der Waals surface area contributed by atoms with Crippen molar-refractivity contribution in [2.75, 3.05) is 37.7 Å². The van der Waals surface area contributed by atoms with Crippen molar-refractivity contribution in [2.45, 2.75) is 129 Å². The molecule has 0 bridgehead atoms. The topological polar surface area (TPSA) is 29.5 Å². The molecule has 0 aromatic rings. The van der Waals surface area contributed by atoms with Crippen LogP contribution in [0.2, 0.25) is 0 Å². The molecule has 0 radical (unpaired) electrons. The third-order valence-electron chi connectivity index (χ3n) is 7.11. The predicted octanol–water partition coefficient (Wildman–Crippen LogP) is 8.81. The summed E-state index contributed by atoms with van der Waals surface area (Å²) < 4.78 is 5.52. The molecule has 200 valence electrons. The predicted molar refractivity (Wildman–Crippen MR) is 152 cm³/mol. The van der Waals surface area contributed by atoms with Gasteiger partial charge < -0.3 is 9.64 Å². The fourth-order valence-electron chi connectivity index (χ4n) is 4.78. The van der Waals surface area contributed by atoms with Gasteiger partial charge in [0.2, 0.25) is 0 Å². The van der Waals surface area contributed by atoms with Gasteiger partial charge in [-0.3, -0.25) is 4.79 Å². The van der Waals surface area contributed by atoms with Gasteiger partial charge in [0.15, 0.2) is 0 Å². The fourth-order valence-corrected chi connectivity index (χ4v) is 5.41. The van der Waals surface area contributed by atoms with Gasteiger partial charge in [-0.2, -0.15) is 11.8 Å². The van der Waals surface area contributed by atoms with Crippen LogP contribution in [-0.4, -0.2) is 48.6 Å². The first-order valence-electron chi connectivity index (χ1n) is 14.9. The van der Waals surface area contributed by atoms with Gasteiger partial charge in [0.05, 0.1) is 6.61 Å². The van der Waals surface area contributed by atoms with Crippen LogP contribution < -0.4 is 0 Å². The summed E-state index contributed by atoms with van der Waals surface area (Å²) in [5.41, 5.74) is 0. The van der Waals surface area contributed by atoms with E-state index in [-0.39, 0.29) is 5.97 Å². The number of ether oxygens (including phenoxy) is 1. The maximum Gasteiger partial charge on any atom is 0.305 e. The number of esters is 1. The number of likely N-dealkylation sites (tertiary alicyclic amines) is 1. The zero-order chi connectivity index (χ0) is 24.5. The molecule has 34 heavy (non-hydrogen) atoms. The van der Waals surface area contributed by atoms with Gasteiger partial charge in [0.25, 0.3) is 0 Å². The van der Waals surface area contributed by atoms with E-state index in [0.29, 0.717) is 13.0 Å². The maximum atomic E-state index is 12.0. The van der Waals surface area contributed by atoms with E-state index in [1.54, 1.807) is 0 Å². The number of carbonyl (C=O) groups is 1. The number of piperidine rings is 1. The molecule has 0 aromatic heterocycles. The molecule has 1 fully saturated rings. The number of hydrogen-bond acceptors (Lipinski definition) is 4. The lowest BCUT2D eigenvalue weighted by molar-refractivity contribution is -0.144. The smallest absolute Gasteiger partial charge is 0.305 e. The lowest BCUT2D eigenvalue weighted by Crippen LogP contribution is -2.35. The number of nitrogens with zero attached hydrogens (tertiary/aromatic N) is 1. The Balaban J connectivity index is 1.83. The molecule has 4 heteroatoms. The fraction of sp³-hybridized carbons (Fsp3) is 0.900. The molecule has 0 aromatic carbocycles. The Morgan fingerprint density at radius 3 is 2.12 bits per heavy atom. The van der Waals surface area contributed by atoms with Crippen molar-refractivity contribution in [3.8, 4) is 0 Å². The second-order valence-corrected chi connectivity index (χ2v) is 11.6. The molecule has 1 saturated heterocycles. The zero-order valence-corrected chi connectivity index (χ0v) is 23.7. The summed E-state index contributed by atoms with van der Waals surface area (Å²) in [4.78, 5) is 14.6. The second kappa shape index (κ2) is 24.2. The summed E-state index contributed by atoms with van der Waals surface area (Å²) in [5.74, 6) is 3.29. The van der Waals surface area contributed by atoms with Gasteiger partial charge in [0.1, 0.15) is 0 Å². The normalized spacial score (nSPS) is 15.4. The third-order valence-corrected chi connectivity index (χ3v) is 8.09. The number of hydrogen-bond donors (Lipinski definition) is 0. The number of rotatable bonds is 23. The molecule has 3 nitrogen and oxygen atoms in total. The lowest BCUT2D eigenvalue weighted by Gasteiger charge is -2.31. The van der Waals surface area contributed by atoms with Crippen molar-refractivity contribution in [3.05, 3.63) is 12.2 Å². The molecule has 1 heterocycles. The largest absolute Gasteiger partial charge is 0.466 e. The summed E-state index contributed by atoms with van der Waals surface area (Å²) in [6.45, 7) is 8.85. The maximum absolute atomic E-state index is 12.0. The first-order chi connectivity index (χ1) is 16.8. The summed E-state index contributed by atoms with van der Waals surface area (Å²) in [5, 5.41) is 0. The highest BCUT2D eigenvalue weighted by atomic mass is 32.2. The van der Waals surface area contributed by atoms with E-state index in [1.807, 2.05) is 11.8 Å². The van der Waals surface area contributed by atoms with Crippen LogP contribution in [-0.2, 0) is 9.53 Å². The minimum Gasteiger partial charge on any atom is -0.466 e. The highest BCUT2D eigenvalue weighted by Crippen LogP contribution is 2.21. The van der Waals surface area contributed by atoms with Gasteiger partial charge in [-0.1, -0.05) is 77.4 Å². The average Bonchev–Trinajstić information content (AvgIpc) is 2.85. The molecule has 1 aliphatic heterocycles. The Morgan fingerprint density at radius 2 is 1.47 bits per heavy atom. The van der Waals surface area contributed by atoms with Gasteiger partial charge in [-0.05, 0) is 94.8 Å². The van der Waals surface area contributed by atoms with E-state index in [1.165, 1.54) is 121 Å². The van der Waals surface area contributed by atoms with E-state index >= 15 is 0 Å². The van der Waals surface area contributed by atoms with Gasteiger partial charge in [-0.15, -0.1) is 0 Å². The van der Waals surface area contributed by atoms with E-state index in [9.17, 15) is 4.79 Å². The molecule has 1 rings (SSSR count). The quantitative estimate of drug-likeness (QED) is 0.0804. The summed E-state index contributed by atoms with van der Waals surface area (Å²) >= 11 is 2.05. The Kier molecular flexibility index (Phi) is 22.5. The van der Waals surface area contributed by atoms with Gasteiger partial charge in [0, 0.05) is 6.42 Å². The van der Waals surface area contributed by atoms with Crippen molar-refractivity contribution in [1.82, 2.24) is 4.90 Å². The van der Waals surface area contributed by atoms with Crippen LogP contribution in [0.5, 0.6) is 0 Å². The van der Waals surface area contributed by atoms with Crippen LogP contribution in [0.1, 0.15) is 129 Å². The molecule has 0 spiro atoms. The molecule has 0 N–H and O–H groups in total. The van der Waals surface area contributed by atoms with Gasteiger partial charge in [-0.25, -0.2) is 0 Å². The second-order valence-electron chi connectivity index (χ2n) is 10.2. The first-order valence-corrected chi connectivity index (χ1v) is 16.0. The zero-order valence-electron chi connectivity index (χ0n) is 22.9. The van der Waals surface area contributed by atoms with Crippen molar-refractivity contribution in [1.29, 1.82) is 0 Å².